The van der Waals surface area contributed by atoms with Crippen LogP contribution < -0.4 is 0 Å². The average molecular weight is 180 g/mol. The lowest BCUT2D eigenvalue weighted by Crippen LogP contribution is -1.93. The van der Waals surface area contributed by atoms with Crippen LogP contribution in [0.4, 0.5) is 0 Å². The third-order valence-corrected chi connectivity index (χ3v) is 2.65. The van der Waals surface area contributed by atoms with E-state index in [0.29, 0.717) is 5.78 Å². The van der Waals surface area contributed by atoms with Gasteiger partial charge in [-0.3, -0.25) is 4.79 Å². The molecule has 0 amide bonds. The standard InChI is InChI=1S/C12H20O/c1-11-8-6-4-2-3-5-7-9-12(13)10-11/h10H,2-9H2,1H3. The molecule has 0 fully saturated rings. The van der Waals surface area contributed by atoms with Crippen molar-refractivity contribution in [3.63, 3.8) is 0 Å². The normalized spacial score (nSPS) is 21.9. The highest BCUT2D eigenvalue weighted by Gasteiger charge is 2.01. The molecule has 0 aliphatic heterocycles. The maximum atomic E-state index is 11.3. The molecule has 0 unspecified atom stereocenters. The molecule has 1 nitrogen and oxygen atoms in total. The van der Waals surface area contributed by atoms with Crippen molar-refractivity contribution in [1.82, 2.24) is 0 Å². The van der Waals surface area contributed by atoms with Crippen LogP contribution in [-0.4, -0.2) is 5.78 Å². The minimum atomic E-state index is 0.333. The van der Waals surface area contributed by atoms with E-state index in [0.717, 1.165) is 19.3 Å². The number of carbonyl (C=O) groups is 1. The van der Waals surface area contributed by atoms with Crippen LogP contribution in [0.25, 0.3) is 0 Å². The van der Waals surface area contributed by atoms with E-state index >= 15 is 0 Å². The highest BCUT2D eigenvalue weighted by atomic mass is 16.1. The van der Waals surface area contributed by atoms with Crippen molar-refractivity contribution in [2.75, 3.05) is 0 Å². The first-order valence-corrected chi connectivity index (χ1v) is 5.49. The van der Waals surface area contributed by atoms with Crippen LogP contribution >= 0.6 is 0 Å². The Morgan fingerprint density at radius 1 is 0.923 bits per heavy atom. The maximum Gasteiger partial charge on any atom is 0.155 e. The smallest absolute Gasteiger partial charge is 0.155 e. The summed E-state index contributed by atoms with van der Waals surface area (Å²) in [5.41, 5.74) is 1.27. The first kappa shape index (κ1) is 10.5. The van der Waals surface area contributed by atoms with Crippen LogP contribution in [0.15, 0.2) is 11.6 Å². The van der Waals surface area contributed by atoms with Gasteiger partial charge >= 0.3 is 0 Å². The SMILES string of the molecule is CC1=CC(=O)CCCCCCCC1. The van der Waals surface area contributed by atoms with Gasteiger partial charge in [-0.15, -0.1) is 0 Å². The van der Waals surface area contributed by atoms with Gasteiger partial charge in [-0.2, -0.15) is 0 Å². The Hall–Kier alpha value is -0.590. The van der Waals surface area contributed by atoms with E-state index in [4.69, 9.17) is 0 Å². The first-order chi connectivity index (χ1) is 6.29. The molecule has 1 aliphatic carbocycles. The third kappa shape index (κ3) is 4.87. The molecule has 0 atom stereocenters. The predicted octanol–water partition coefficient (Wildman–Crippen LogP) is 3.64. The maximum absolute atomic E-state index is 11.3. The molecule has 0 aromatic heterocycles. The minimum absolute atomic E-state index is 0.333. The number of ketones is 1. The molecule has 0 N–H and O–H groups in total. The van der Waals surface area contributed by atoms with Crippen LogP contribution in [0.5, 0.6) is 0 Å². The van der Waals surface area contributed by atoms with Crippen molar-refractivity contribution >= 4 is 5.78 Å². The fourth-order valence-electron chi connectivity index (χ4n) is 1.83. The number of carbonyl (C=O) groups excluding carboxylic acids is 1. The van der Waals surface area contributed by atoms with Crippen LogP contribution in [0.3, 0.4) is 0 Å². The first-order valence-electron chi connectivity index (χ1n) is 5.49. The zero-order chi connectivity index (χ0) is 9.52. The fourth-order valence-corrected chi connectivity index (χ4v) is 1.83. The van der Waals surface area contributed by atoms with Crippen molar-refractivity contribution < 1.29 is 4.79 Å². The van der Waals surface area contributed by atoms with E-state index in [2.05, 4.69) is 6.92 Å². The van der Waals surface area contributed by atoms with Crippen molar-refractivity contribution in [2.24, 2.45) is 0 Å². The van der Waals surface area contributed by atoms with E-state index in [1.54, 1.807) is 0 Å². The Morgan fingerprint density at radius 2 is 1.46 bits per heavy atom. The van der Waals surface area contributed by atoms with Gasteiger partial charge in [0.05, 0.1) is 0 Å². The Balaban J connectivity index is 2.43. The largest absolute Gasteiger partial charge is 0.295 e. The van der Waals surface area contributed by atoms with E-state index in [1.807, 2.05) is 6.08 Å². The molecule has 0 bridgehead atoms. The van der Waals surface area contributed by atoms with Gasteiger partial charge in [-0.1, -0.05) is 31.3 Å². The Labute approximate surface area is 81.2 Å². The molecular formula is C12H20O. The van der Waals surface area contributed by atoms with Gasteiger partial charge in [0.25, 0.3) is 0 Å². The monoisotopic (exact) mass is 180 g/mol. The number of allylic oxidation sites excluding steroid dienone is 2. The molecule has 0 aromatic rings. The average Bonchev–Trinajstić information content (AvgIpc) is 2.11. The van der Waals surface area contributed by atoms with Crippen LogP contribution in [0.1, 0.15) is 58.3 Å². The summed E-state index contributed by atoms with van der Waals surface area (Å²) in [6.45, 7) is 2.08. The van der Waals surface area contributed by atoms with Crippen molar-refractivity contribution in [2.45, 2.75) is 58.3 Å². The number of hydrogen-bond donors (Lipinski definition) is 0. The van der Waals surface area contributed by atoms with E-state index < -0.39 is 0 Å². The van der Waals surface area contributed by atoms with Gasteiger partial charge in [0.15, 0.2) is 5.78 Å². The Bertz CT molecular complexity index is 191. The highest BCUT2D eigenvalue weighted by Crippen LogP contribution is 2.14. The summed E-state index contributed by atoms with van der Waals surface area (Å²) in [6, 6.07) is 0. The molecule has 0 spiro atoms. The molecule has 0 heterocycles. The number of rotatable bonds is 0. The lowest BCUT2D eigenvalue weighted by Gasteiger charge is -1.99. The fraction of sp³-hybridized carbons (Fsp3) is 0.750. The van der Waals surface area contributed by atoms with Crippen LogP contribution in [0.2, 0.25) is 0 Å². The lowest BCUT2D eigenvalue weighted by atomic mass is 10.1. The van der Waals surface area contributed by atoms with Crippen LogP contribution in [-0.2, 0) is 4.79 Å². The predicted molar refractivity (Wildman–Crippen MR) is 55.7 cm³/mol. The van der Waals surface area contributed by atoms with Crippen molar-refractivity contribution in [3.8, 4) is 0 Å². The Morgan fingerprint density at radius 3 is 2.15 bits per heavy atom. The molecule has 1 heteroatoms. The van der Waals surface area contributed by atoms with Gasteiger partial charge in [-0.05, 0) is 32.3 Å². The van der Waals surface area contributed by atoms with Gasteiger partial charge in [0.2, 0.25) is 0 Å². The summed E-state index contributed by atoms with van der Waals surface area (Å²) in [4.78, 5) is 11.3. The molecular weight excluding hydrogens is 160 g/mol. The Kier molecular flexibility index (Phi) is 4.81. The summed E-state index contributed by atoms with van der Waals surface area (Å²) in [5.74, 6) is 0.333. The molecule has 0 saturated heterocycles. The summed E-state index contributed by atoms with van der Waals surface area (Å²) < 4.78 is 0. The second-order valence-electron chi connectivity index (χ2n) is 4.08. The van der Waals surface area contributed by atoms with Crippen LogP contribution in [0, 0.1) is 0 Å². The summed E-state index contributed by atoms with van der Waals surface area (Å²) in [7, 11) is 0. The van der Waals surface area contributed by atoms with Gasteiger partial charge in [0.1, 0.15) is 0 Å². The van der Waals surface area contributed by atoms with Crippen molar-refractivity contribution in [1.29, 1.82) is 0 Å². The highest BCUT2D eigenvalue weighted by molar-refractivity contribution is 5.90. The lowest BCUT2D eigenvalue weighted by molar-refractivity contribution is -0.114. The molecule has 13 heavy (non-hydrogen) atoms. The zero-order valence-corrected chi connectivity index (χ0v) is 8.64. The van der Waals surface area contributed by atoms with Gasteiger partial charge in [0, 0.05) is 6.42 Å². The van der Waals surface area contributed by atoms with Crippen molar-refractivity contribution in [3.05, 3.63) is 11.6 Å². The summed E-state index contributed by atoms with van der Waals surface area (Å²) in [6.07, 6.45) is 11.3. The quantitative estimate of drug-likeness (QED) is 0.556. The summed E-state index contributed by atoms with van der Waals surface area (Å²) >= 11 is 0. The van der Waals surface area contributed by atoms with E-state index in [-0.39, 0.29) is 0 Å². The molecule has 1 rings (SSSR count). The second kappa shape index (κ2) is 5.95. The van der Waals surface area contributed by atoms with Gasteiger partial charge in [-0.25, -0.2) is 0 Å². The topological polar surface area (TPSA) is 17.1 Å². The zero-order valence-electron chi connectivity index (χ0n) is 8.64. The molecule has 0 aromatic carbocycles. The molecule has 0 saturated carbocycles. The second-order valence-corrected chi connectivity index (χ2v) is 4.08. The molecule has 0 radical (unpaired) electrons. The summed E-state index contributed by atoms with van der Waals surface area (Å²) in [5, 5.41) is 0. The number of hydrogen-bond acceptors (Lipinski definition) is 1. The minimum Gasteiger partial charge on any atom is -0.295 e. The van der Waals surface area contributed by atoms with E-state index in [1.165, 1.54) is 37.7 Å². The molecule has 1 aliphatic rings. The molecule has 74 valence electrons. The van der Waals surface area contributed by atoms with E-state index in [9.17, 15) is 4.79 Å². The third-order valence-electron chi connectivity index (χ3n) is 2.65. The van der Waals surface area contributed by atoms with Gasteiger partial charge < -0.3 is 0 Å².